The average Bonchev–Trinajstić information content (AvgIpc) is 2.98. The summed E-state index contributed by atoms with van der Waals surface area (Å²) in [5.41, 5.74) is -0.570. The summed E-state index contributed by atoms with van der Waals surface area (Å²) in [6, 6.07) is 3.60. The van der Waals surface area contributed by atoms with Gasteiger partial charge in [-0.25, -0.2) is 0 Å². The summed E-state index contributed by atoms with van der Waals surface area (Å²) >= 11 is 10.6. The maximum atomic E-state index is 12.6. The van der Waals surface area contributed by atoms with Crippen LogP contribution in [0.25, 0.3) is 0 Å². The minimum atomic E-state index is -4.42. The van der Waals surface area contributed by atoms with Gasteiger partial charge in [0.15, 0.2) is 5.11 Å². The molecule has 1 fully saturated rings. The largest absolute Gasteiger partial charge is 0.416 e. The van der Waals surface area contributed by atoms with Crippen LogP contribution in [0.2, 0.25) is 5.02 Å². The summed E-state index contributed by atoms with van der Waals surface area (Å²) < 4.78 is 37.7. The third kappa shape index (κ3) is 3.74. The third-order valence-corrected chi connectivity index (χ3v) is 2.83. The number of hydrogen-bond donors (Lipinski definition) is 2. The number of benzene rings is 1. The minimum Gasteiger partial charge on any atom is -0.360 e. The minimum absolute atomic E-state index is 0.0153. The lowest BCUT2D eigenvalue weighted by Gasteiger charge is -2.13. The molecule has 2 rings (SSSR count). The first kappa shape index (κ1) is 13.4. The zero-order valence-corrected chi connectivity index (χ0v) is 10.7. The second kappa shape index (κ2) is 4.93. The molecule has 18 heavy (non-hydrogen) atoms. The lowest BCUT2D eigenvalue weighted by atomic mass is 10.2. The summed E-state index contributed by atoms with van der Waals surface area (Å²) in [4.78, 5) is 0. The predicted molar refractivity (Wildman–Crippen MR) is 68.8 cm³/mol. The molecule has 0 saturated heterocycles. The molecule has 98 valence electrons. The molecule has 0 radical (unpaired) electrons. The van der Waals surface area contributed by atoms with Crippen LogP contribution < -0.4 is 10.6 Å². The smallest absolute Gasteiger partial charge is 0.360 e. The monoisotopic (exact) mass is 294 g/mol. The molecule has 0 atom stereocenters. The van der Waals surface area contributed by atoms with Crippen LogP contribution in [0, 0.1) is 0 Å². The molecule has 0 heterocycles. The molecule has 0 aliphatic heterocycles. The van der Waals surface area contributed by atoms with E-state index in [1.807, 2.05) is 0 Å². The summed E-state index contributed by atoms with van der Waals surface area (Å²) in [5.74, 6) is 0. The van der Waals surface area contributed by atoms with Gasteiger partial charge in [0, 0.05) is 16.8 Å². The Balaban J connectivity index is 2.11. The van der Waals surface area contributed by atoms with Crippen molar-refractivity contribution < 1.29 is 13.2 Å². The Morgan fingerprint density at radius 1 is 1.28 bits per heavy atom. The van der Waals surface area contributed by atoms with E-state index in [0.717, 1.165) is 25.0 Å². The van der Waals surface area contributed by atoms with Gasteiger partial charge in [0.2, 0.25) is 0 Å². The Labute approximate surface area is 113 Å². The van der Waals surface area contributed by atoms with Crippen molar-refractivity contribution in [3.05, 3.63) is 28.8 Å². The summed E-state index contributed by atoms with van der Waals surface area (Å²) in [7, 11) is 0. The van der Waals surface area contributed by atoms with Crippen molar-refractivity contribution in [1.29, 1.82) is 0 Å². The van der Waals surface area contributed by atoms with Crippen LogP contribution in [-0.4, -0.2) is 11.2 Å². The van der Waals surface area contributed by atoms with Gasteiger partial charge in [0.05, 0.1) is 5.56 Å². The van der Waals surface area contributed by atoms with E-state index >= 15 is 0 Å². The maximum absolute atomic E-state index is 12.6. The van der Waals surface area contributed by atoms with Crippen LogP contribution in [0.4, 0.5) is 18.9 Å². The number of rotatable bonds is 2. The van der Waals surface area contributed by atoms with Gasteiger partial charge in [-0.3, -0.25) is 0 Å². The van der Waals surface area contributed by atoms with Crippen molar-refractivity contribution in [3.63, 3.8) is 0 Å². The Morgan fingerprint density at radius 3 is 2.50 bits per heavy atom. The second-order valence-electron chi connectivity index (χ2n) is 4.10. The molecule has 0 bridgehead atoms. The summed E-state index contributed by atoms with van der Waals surface area (Å²) in [5, 5.41) is 6.01. The standard InChI is InChI=1S/C11H10ClF3N2S/c12-7-3-6(11(13,14)15)4-9(5-7)17-10(18)16-8-1-2-8/h3-5,8H,1-2H2,(H2,16,17,18). The van der Waals surface area contributed by atoms with E-state index in [4.69, 9.17) is 23.8 Å². The van der Waals surface area contributed by atoms with Gasteiger partial charge in [0.25, 0.3) is 0 Å². The van der Waals surface area contributed by atoms with E-state index in [-0.39, 0.29) is 10.7 Å². The van der Waals surface area contributed by atoms with Crippen molar-refractivity contribution in [1.82, 2.24) is 5.32 Å². The normalized spacial score (nSPS) is 15.3. The number of nitrogens with one attached hydrogen (secondary N) is 2. The second-order valence-corrected chi connectivity index (χ2v) is 4.94. The van der Waals surface area contributed by atoms with Crippen LogP contribution in [-0.2, 0) is 6.18 Å². The van der Waals surface area contributed by atoms with E-state index in [2.05, 4.69) is 10.6 Å². The number of anilines is 1. The molecular formula is C11H10ClF3N2S. The average molecular weight is 295 g/mol. The zero-order valence-electron chi connectivity index (χ0n) is 9.14. The Bertz CT molecular complexity index is 472. The van der Waals surface area contributed by atoms with Crippen LogP contribution in [0.5, 0.6) is 0 Å². The molecule has 1 aromatic carbocycles. The zero-order chi connectivity index (χ0) is 13.3. The highest BCUT2D eigenvalue weighted by atomic mass is 35.5. The molecule has 2 N–H and O–H groups in total. The number of halogens is 4. The van der Waals surface area contributed by atoms with Gasteiger partial charge in [-0.2, -0.15) is 13.2 Å². The molecule has 1 aliphatic carbocycles. The fraction of sp³-hybridized carbons (Fsp3) is 0.364. The summed E-state index contributed by atoms with van der Waals surface area (Å²) in [6.45, 7) is 0. The van der Waals surface area contributed by atoms with Gasteiger partial charge >= 0.3 is 6.18 Å². The van der Waals surface area contributed by atoms with Crippen LogP contribution in [0.15, 0.2) is 18.2 Å². The number of hydrogen-bond acceptors (Lipinski definition) is 1. The summed E-state index contributed by atoms with van der Waals surface area (Å²) in [6.07, 6.45) is -2.36. The van der Waals surface area contributed by atoms with Gasteiger partial charge < -0.3 is 10.6 Å². The third-order valence-electron chi connectivity index (χ3n) is 2.40. The molecular weight excluding hydrogens is 285 g/mol. The van der Waals surface area contributed by atoms with Crippen molar-refractivity contribution >= 4 is 34.6 Å². The molecule has 1 aromatic rings. The highest BCUT2D eigenvalue weighted by molar-refractivity contribution is 7.80. The Morgan fingerprint density at radius 2 is 1.94 bits per heavy atom. The fourth-order valence-electron chi connectivity index (χ4n) is 1.41. The SMILES string of the molecule is FC(F)(F)c1cc(Cl)cc(NC(=S)NC2CC2)c1. The van der Waals surface area contributed by atoms with Crippen LogP contribution >= 0.6 is 23.8 Å². The molecule has 7 heteroatoms. The molecule has 0 aromatic heterocycles. The van der Waals surface area contributed by atoms with Crippen molar-refractivity contribution in [2.45, 2.75) is 25.1 Å². The van der Waals surface area contributed by atoms with Crippen molar-refractivity contribution in [2.75, 3.05) is 5.32 Å². The van der Waals surface area contributed by atoms with Crippen LogP contribution in [0.1, 0.15) is 18.4 Å². The lowest BCUT2D eigenvalue weighted by Crippen LogP contribution is -2.30. The highest BCUT2D eigenvalue weighted by Crippen LogP contribution is 2.33. The first-order chi connectivity index (χ1) is 8.34. The fourth-order valence-corrected chi connectivity index (χ4v) is 1.93. The number of alkyl halides is 3. The molecule has 0 amide bonds. The first-order valence-electron chi connectivity index (χ1n) is 5.30. The Hall–Kier alpha value is -1.01. The van der Waals surface area contributed by atoms with Gasteiger partial charge in [0.1, 0.15) is 0 Å². The van der Waals surface area contributed by atoms with Gasteiger partial charge in [-0.1, -0.05) is 11.6 Å². The number of thiocarbonyl (C=S) groups is 1. The lowest BCUT2D eigenvalue weighted by molar-refractivity contribution is -0.137. The highest BCUT2D eigenvalue weighted by Gasteiger charge is 2.31. The molecule has 1 saturated carbocycles. The van der Waals surface area contributed by atoms with Gasteiger partial charge in [-0.05, 0) is 43.3 Å². The quantitative estimate of drug-likeness (QED) is 0.811. The molecule has 0 unspecified atom stereocenters. The van der Waals surface area contributed by atoms with E-state index < -0.39 is 11.7 Å². The predicted octanol–water partition coefficient (Wildman–Crippen LogP) is 3.81. The Kier molecular flexibility index (Phi) is 3.68. The van der Waals surface area contributed by atoms with Crippen molar-refractivity contribution in [3.8, 4) is 0 Å². The topological polar surface area (TPSA) is 24.1 Å². The molecule has 1 aliphatic rings. The van der Waals surface area contributed by atoms with E-state index in [9.17, 15) is 13.2 Å². The maximum Gasteiger partial charge on any atom is 0.416 e. The van der Waals surface area contributed by atoms with Gasteiger partial charge in [-0.15, -0.1) is 0 Å². The van der Waals surface area contributed by atoms with E-state index in [1.54, 1.807) is 0 Å². The molecule has 0 spiro atoms. The van der Waals surface area contributed by atoms with Crippen molar-refractivity contribution in [2.24, 2.45) is 0 Å². The molecule has 2 nitrogen and oxygen atoms in total. The van der Waals surface area contributed by atoms with E-state index in [0.29, 0.717) is 11.2 Å². The van der Waals surface area contributed by atoms with E-state index in [1.165, 1.54) is 6.07 Å². The van der Waals surface area contributed by atoms with Crippen LogP contribution in [0.3, 0.4) is 0 Å². The first-order valence-corrected chi connectivity index (χ1v) is 6.08.